The SMILES string of the molecule is O=C([C@H](c1cccnc1)N1CCOCC1)N1CCC(N2CCOC2=O)CC1. The first kappa shape index (κ1) is 18.2. The number of piperidine rings is 1. The maximum Gasteiger partial charge on any atom is 0.410 e. The largest absolute Gasteiger partial charge is 0.448 e. The van der Waals surface area contributed by atoms with Gasteiger partial charge in [0.1, 0.15) is 12.6 Å². The van der Waals surface area contributed by atoms with Gasteiger partial charge < -0.3 is 19.3 Å². The van der Waals surface area contributed by atoms with Gasteiger partial charge in [-0.1, -0.05) is 6.07 Å². The molecule has 2 amide bonds. The average Bonchev–Trinajstić information content (AvgIpc) is 3.16. The number of hydrogen-bond donors (Lipinski definition) is 0. The highest BCUT2D eigenvalue weighted by Gasteiger charge is 2.37. The fourth-order valence-electron chi connectivity index (χ4n) is 4.19. The van der Waals surface area contributed by atoms with E-state index in [1.807, 2.05) is 21.9 Å². The first-order valence-corrected chi connectivity index (χ1v) is 9.68. The first-order valence-electron chi connectivity index (χ1n) is 9.68. The Labute approximate surface area is 159 Å². The molecule has 1 atom stereocenters. The van der Waals surface area contributed by atoms with Crippen molar-refractivity contribution in [2.75, 3.05) is 52.5 Å². The number of amides is 2. The van der Waals surface area contributed by atoms with E-state index in [2.05, 4.69) is 9.88 Å². The number of rotatable bonds is 4. The van der Waals surface area contributed by atoms with Gasteiger partial charge in [-0.15, -0.1) is 0 Å². The molecule has 146 valence electrons. The molecule has 0 aromatic carbocycles. The highest BCUT2D eigenvalue weighted by Crippen LogP contribution is 2.27. The van der Waals surface area contributed by atoms with E-state index >= 15 is 0 Å². The molecule has 3 fully saturated rings. The van der Waals surface area contributed by atoms with Gasteiger partial charge >= 0.3 is 6.09 Å². The van der Waals surface area contributed by atoms with Crippen LogP contribution in [0.1, 0.15) is 24.4 Å². The molecular weight excluding hydrogens is 348 g/mol. The van der Waals surface area contributed by atoms with Crippen molar-refractivity contribution in [2.24, 2.45) is 0 Å². The molecule has 0 radical (unpaired) electrons. The second kappa shape index (κ2) is 8.22. The van der Waals surface area contributed by atoms with E-state index in [0.717, 1.165) is 31.5 Å². The predicted molar refractivity (Wildman–Crippen MR) is 97.0 cm³/mol. The summed E-state index contributed by atoms with van der Waals surface area (Å²) in [6.45, 7) is 5.21. The van der Waals surface area contributed by atoms with Crippen LogP contribution in [0.25, 0.3) is 0 Å². The van der Waals surface area contributed by atoms with E-state index in [-0.39, 0.29) is 24.1 Å². The van der Waals surface area contributed by atoms with Crippen LogP contribution in [0.2, 0.25) is 0 Å². The Morgan fingerprint density at radius 2 is 1.89 bits per heavy atom. The van der Waals surface area contributed by atoms with Gasteiger partial charge in [-0.2, -0.15) is 0 Å². The lowest BCUT2D eigenvalue weighted by atomic mass is 10.00. The highest BCUT2D eigenvalue weighted by molar-refractivity contribution is 5.83. The Kier molecular flexibility index (Phi) is 5.54. The Bertz CT molecular complexity index is 657. The third kappa shape index (κ3) is 3.91. The second-order valence-electron chi connectivity index (χ2n) is 7.20. The Morgan fingerprint density at radius 1 is 1.11 bits per heavy atom. The van der Waals surface area contributed by atoms with Gasteiger partial charge in [-0.05, 0) is 24.5 Å². The van der Waals surface area contributed by atoms with E-state index in [1.54, 1.807) is 12.4 Å². The van der Waals surface area contributed by atoms with Gasteiger partial charge in [-0.25, -0.2) is 4.79 Å². The van der Waals surface area contributed by atoms with Crippen molar-refractivity contribution in [3.63, 3.8) is 0 Å². The van der Waals surface area contributed by atoms with Gasteiger partial charge in [0.2, 0.25) is 5.91 Å². The van der Waals surface area contributed by atoms with E-state index in [1.165, 1.54) is 0 Å². The molecule has 0 saturated carbocycles. The number of likely N-dealkylation sites (tertiary alicyclic amines) is 1. The van der Waals surface area contributed by atoms with Crippen LogP contribution in [0, 0.1) is 0 Å². The zero-order valence-electron chi connectivity index (χ0n) is 15.5. The third-order valence-corrected chi connectivity index (χ3v) is 5.65. The molecule has 8 heteroatoms. The quantitative estimate of drug-likeness (QED) is 0.780. The summed E-state index contributed by atoms with van der Waals surface area (Å²) in [5.74, 6) is 0.118. The standard InChI is InChI=1S/C19H26N4O4/c24-18(22-6-3-16(4-7-22)23-10-13-27-19(23)25)17(15-2-1-5-20-14-15)21-8-11-26-12-9-21/h1-2,5,14,16-17H,3-4,6-13H2/t17-/m0/s1. The zero-order valence-corrected chi connectivity index (χ0v) is 15.5. The summed E-state index contributed by atoms with van der Waals surface area (Å²) in [4.78, 5) is 35.3. The topological polar surface area (TPSA) is 75.2 Å². The van der Waals surface area contributed by atoms with Gasteiger partial charge in [0.25, 0.3) is 0 Å². The maximum absolute atomic E-state index is 13.4. The number of carbonyl (C=O) groups is 2. The van der Waals surface area contributed by atoms with Crippen LogP contribution < -0.4 is 0 Å². The Hall–Kier alpha value is -2.19. The summed E-state index contributed by atoms with van der Waals surface area (Å²) in [6.07, 6.45) is 4.88. The summed E-state index contributed by atoms with van der Waals surface area (Å²) in [5.41, 5.74) is 0.926. The third-order valence-electron chi connectivity index (χ3n) is 5.65. The Morgan fingerprint density at radius 3 is 2.52 bits per heavy atom. The molecule has 3 aliphatic heterocycles. The predicted octanol–water partition coefficient (Wildman–Crippen LogP) is 0.898. The number of pyridine rings is 1. The molecule has 0 N–H and O–H groups in total. The van der Waals surface area contributed by atoms with Crippen molar-refractivity contribution in [1.82, 2.24) is 19.7 Å². The summed E-state index contributed by atoms with van der Waals surface area (Å²) in [6, 6.07) is 3.69. The van der Waals surface area contributed by atoms with Crippen LogP contribution in [0.3, 0.4) is 0 Å². The molecule has 27 heavy (non-hydrogen) atoms. The van der Waals surface area contributed by atoms with Crippen molar-refractivity contribution in [3.05, 3.63) is 30.1 Å². The van der Waals surface area contributed by atoms with Gasteiger partial charge in [0, 0.05) is 44.6 Å². The molecule has 0 aliphatic carbocycles. The molecule has 3 aliphatic rings. The summed E-state index contributed by atoms with van der Waals surface area (Å²) < 4.78 is 10.5. The number of nitrogens with zero attached hydrogens (tertiary/aromatic N) is 4. The maximum atomic E-state index is 13.4. The molecule has 0 bridgehead atoms. The van der Waals surface area contributed by atoms with Crippen LogP contribution >= 0.6 is 0 Å². The molecule has 0 spiro atoms. The summed E-state index contributed by atoms with van der Waals surface area (Å²) >= 11 is 0. The number of morpholine rings is 1. The van der Waals surface area contributed by atoms with Crippen molar-refractivity contribution >= 4 is 12.0 Å². The summed E-state index contributed by atoms with van der Waals surface area (Å²) in [7, 11) is 0. The van der Waals surface area contributed by atoms with Crippen molar-refractivity contribution < 1.29 is 19.1 Å². The van der Waals surface area contributed by atoms with Crippen LogP contribution in [0.15, 0.2) is 24.5 Å². The van der Waals surface area contributed by atoms with E-state index in [9.17, 15) is 9.59 Å². The van der Waals surface area contributed by atoms with E-state index in [0.29, 0.717) is 39.5 Å². The monoisotopic (exact) mass is 374 g/mol. The second-order valence-corrected chi connectivity index (χ2v) is 7.20. The molecule has 8 nitrogen and oxygen atoms in total. The van der Waals surface area contributed by atoms with Crippen molar-refractivity contribution in [1.29, 1.82) is 0 Å². The first-order chi connectivity index (χ1) is 13.2. The molecule has 3 saturated heterocycles. The lowest BCUT2D eigenvalue weighted by Crippen LogP contribution is -2.51. The van der Waals surface area contributed by atoms with E-state index < -0.39 is 0 Å². The zero-order chi connectivity index (χ0) is 18.6. The summed E-state index contributed by atoms with van der Waals surface area (Å²) in [5, 5.41) is 0. The van der Waals surface area contributed by atoms with Gasteiger partial charge in [0.05, 0.1) is 19.8 Å². The van der Waals surface area contributed by atoms with Gasteiger partial charge in [-0.3, -0.25) is 14.7 Å². The number of cyclic esters (lactones) is 1. The smallest absolute Gasteiger partial charge is 0.410 e. The highest BCUT2D eigenvalue weighted by atomic mass is 16.6. The molecule has 4 rings (SSSR count). The lowest BCUT2D eigenvalue weighted by Gasteiger charge is -2.40. The fourth-order valence-corrected chi connectivity index (χ4v) is 4.19. The van der Waals surface area contributed by atoms with Crippen LogP contribution in [0.5, 0.6) is 0 Å². The molecule has 0 unspecified atom stereocenters. The number of aromatic nitrogens is 1. The van der Waals surface area contributed by atoms with Gasteiger partial charge in [0.15, 0.2) is 0 Å². The number of hydrogen-bond acceptors (Lipinski definition) is 6. The fraction of sp³-hybridized carbons (Fsp3) is 0.632. The van der Waals surface area contributed by atoms with Crippen molar-refractivity contribution in [3.8, 4) is 0 Å². The minimum Gasteiger partial charge on any atom is -0.448 e. The van der Waals surface area contributed by atoms with Crippen molar-refractivity contribution in [2.45, 2.75) is 24.9 Å². The molecule has 1 aromatic heterocycles. The molecule has 4 heterocycles. The number of carbonyl (C=O) groups excluding carboxylic acids is 2. The minimum atomic E-state index is -0.323. The minimum absolute atomic E-state index is 0.118. The van der Waals surface area contributed by atoms with E-state index in [4.69, 9.17) is 9.47 Å². The average molecular weight is 374 g/mol. The number of ether oxygens (including phenoxy) is 2. The van der Waals surface area contributed by atoms with Crippen LogP contribution in [-0.4, -0.2) is 90.3 Å². The van der Waals surface area contributed by atoms with Crippen LogP contribution in [-0.2, 0) is 14.3 Å². The molecular formula is C19H26N4O4. The Balaban J connectivity index is 1.45. The van der Waals surface area contributed by atoms with Crippen LogP contribution in [0.4, 0.5) is 4.79 Å². The molecule has 1 aromatic rings. The lowest BCUT2D eigenvalue weighted by molar-refractivity contribution is -0.140. The normalized spacial score (nSPS) is 23.3.